The van der Waals surface area contributed by atoms with Gasteiger partial charge in [-0.1, -0.05) is 6.42 Å². The third-order valence-electron chi connectivity index (χ3n) is 2.11. The molecule has 0 radical (unpaired) electrons. The molecule has 2 atom stereocenters. The Balaban J connectivity index is 2.46. The van der Waals surface area contributed by atoms with E-state index >= 15 is 0 Å². The number of hydrogen-bond acceptors (Lipinski definition) is 1. The number of aliphatic hydroxyl groups is 1. The Hall–Kier alpha value is -0.250. The second-order valence-electron chi connectivity index (χ2n) is 3.06. The third-order valence-corrected chi connectivity index (χ3v) is 2.11. The molecule has 0 unspecified atom stereocenters. The zero-order chi connectivity index (χ0) is 8.48. The Kier molecular flexibility index (Phi) is 2.42. The average Bonchev–Trinajstić information content (AvgIpc) is 1.86. The van der Waals surface area contributed by atoms with Crippen LogP contribution in [0.5, 0.6) is 0 Å². The largest absolute Gasteiger partial charge is 0.393 e. The summed E-state index contributed by atoms with van der Waals surface area (Å²) in [7, 11) is 0. The van der Waals surface area contributed by atoms with Gasteiger partial charge in [0.15, 0.2) is 0 Å². The van der Waals surface area contributed by atoms with E-state index in [1.807, 2.05) is 0 Å². The van der Waals surface area contributed by atoms with E-state index in [2.05, 4.69) is 0 Å². The Morgan fingerprint density at radius 2 is 1.82 bits per heavy atom. The summed E-state index contributed by atoms with van der Waals surface area (Å²) in [6, 6.07) is 0. The Bertz CT molecular complexity index is 132. The molecule has 0 aliphatic heterocycles. The highest BCUT2D eigenvalue weighted by atomic mass is 19.4. The highest BCUT2D eigenvalue weighted by Gasteiger charge is 2.41. The second-order valence-corrected chi connectivity index (χ2v) is 3.06. The molecule has 1 saturated carbocycles. The molecular formula is C7H11F3O. The number of hydrogen-bond donors (Lipinski definition) is 1. The van der Waals surface area contributed by atoms with E-state index < -0.39 is 18.2 Å². The van der Waals surface area contributed by atoms with Crippen LogP contribution in [0.15, 0.2) is 0 Å². The van der Waals surface area contributed by atoms with Crippen molar-refractivity contribution in [3.63, 3.8) is 0 Å². The molecule has 1 aliphatic rings. The minimum absolute atomic E-state index is 0.108. The Labute approximate surface area is 63.2 Å². The van der Waals surface area contributed by atoms with Crippen LogP contribution in [0.2, 0.25) is 0 Å². The predicted molar refractivity (Wildman–Crippen MR) is 34.0 cm³/mol. The van der Waals surface area contributed by atoms with Crippen LogP contribution >= 0.6 is 0 Å². The van der Waals surface area contributed by atoms with E-state index in [1.165, 1.54) is 0 Å². The summed E-state index contributed by atoms with van der Waals surface area (Å²) < 4.78 is 36.0. The summed E-state index contributed by atoms with van der Waals surface area (Å²) in [6.45, 7) is 0. The van der Waals surface area contributed by atoms with Gasteiger partial charge in [0.05, 0.1) is 12.0 Å². The summed E-state index contributed by atoms with van der Waals surface area (Å²) in [4.78, 5) is 0. The van der Waals surface area contributed by atoms with Gasteiger partial charge in [-0.3, -0.25) is 0 Å². The molecule has 0 saturated heterocycles. The predicted octanol–water partition coefficient (Wildman–Crippen LogP) is 2.10. The molecule has 0 aromatic rings. The molecule has 0 aromatic heterocycles. The molecule has 66 valence electrons. The molecule has 1 N–H and O–H groups in total. The first-order valence-electron chi connectivity index (χ1n) is 3.75. The number of alkyl halides is 3. The van der Waals surface area contributed by atoms with Gasteiger partial charge in [0.2, 0.25) is 0 Å². The van der Waals surface area contributed by atoms with Gasteiger partial charge in [-0.2, -0.15) is 13.2 Å². The molecule has 0 aromatic carbocycles. The number of halogens is 3. The van der Waals surface area contributed by atoms with Gasteiger partial charge in [-0.05, 0) is 19.3 Å². The van der Waals surface area contributed by atoms with Gasteiger partial charge in [-0.15, -0.1) is 0 Å². The third kappa shape index (κ3) is 2.36. The van der Waals surface area contributed by atoms with Gasteiger partial charge < -0.3 is 5.11 Å². The minimum Gasteiger partial charge on any atom is -0.393 e. The SMILES string of the molecule is O[C@@H]1CCC[C@@H](C(F)(F)F)C1. The Morgan fingerprint density at radius 3 is 2.18 bits per heavy atom. The van der Waals surface area contributed by atoms with Gasteiger partial charge in [0.25, 0.3) is 0 Å². The fraction of sp³-hybridized carbons (Fsp3) is 1.00. The molecule has 0 heterocycles. The van der Waals surface area contributed by atoms with Crippen LogP contribution in [-0.2, 0) is 0 Å². The smallest absolute Gasteiger partial charge is 0.391 e. The van der Waals surface area contributed by atoms with Gasteiger partial charge in [0.1, 0.15) is 0 Å². The maximum absolute atomic E-state index is 12.0. The lowest BCUT2D eigenvalue weighted by Crippen LogP contribution is -2.30. The monoisotopic (exact) mass is 168 g/mol. The maximum atomic E-state index is 12.0. The zero-order valence-corrected chi connectivity index (χ0v) is 6.06. The van der Waals surface area contributed by atoms with Crippen molar-refractivity contribution in [2.24, 2.45) is 5.92 Å². The minimum atomic E-state index is -4.11. The first-order valence-corrected chi connectivity index (χ1v) is 3.75. The van der Waals surface area contributed by atoms with E-state index in [9.17, 15) is 13.2 Å². The lowest BCUT2D eigenvalue weighted by molar-refractivity contribution is -0.189. The molecule has 0 amide bonds. The van der Waals surface area contributed by atoms with E-state index in [0.717, 1.165) is 0 Å². The van der Waals surface area contributed by atoms with E-state index in [-0.39, 0.29) is 12.8 Å². The molecule has 4 heteroatoms. The number of rotatable bonds is 0. The van der Waals surface area contributed by atoms with E-state index in [4.69, 9.17) is 5.11 Å². The highest BCUT2D eigenvalue weighted by molar-refractivity contribution is 4.76. The highest BCUT2D eigenvalue weighted by Crippen LogP contribution is 2.37. The summed E-state index contributed by atoms with van der Waals surface area (Å²) in [5.74, 6) is -1.27. The molecule has 0 spiro atoms. The van der Waals surface area contributed by atoms with Crippen LogP contribution in [0.4, 0.5) is 13.2 Å². The molecule has 11 heavy (non-hydrogen) atoms. The molecule has 1 nitrogen and oxygen atoms in total. The molecule has 1 aliphatic carbocycles. The van der Waals surface area contributed by atoms with Crippen molar-refractivity contribution >= 4 is 0 Å². The molecular weight excluding hydrogens is 157 g/mol. The second kappa shape index (κ2) is 3.01. The van der Waals surface area contributed by atoms with Crippen molar-refractivity contribution < 1.29 is 18.3 Å². The normalized spacial score (nSPS) is 33.8. The first-order chi connectivity index (χ1) is 5.00. The fourth-order valence-electron chi connectivity index (χ4n) is 1.46. The molecule has 0 bridgehead atoms. The summed E-state index contributed by atoms with van der Waals surface area (Å²) in [6.07, 6.45) is -3.76. The summed E-state index contributed by atoms with van der Waals surface area (Å²) >= 11 is 0. The van der Waals surface area contributed by atoms with Crippen molar-refractivity contribution in [2.75, 3.05) is 0 Å². The van der Waals surface area contributed by atoms with Crippen molar-refractivity contribution in [1.29, 1.82) is 0 Å². The van der Waals surface area contributed by atoms with Crippen LogP contribution in [0, 0.1) is 5.92 Å². The van der Waals surface area contributed by atoms with Crippen molar-refractivity contribution in [3.8, 4) is 0 Å². The topological polar surface area (TPSA) is 20.2 Å². The average molecular weight is 168 g/mol. The van der Waals surface area contributed by atoms with Crippen molar-refractivity contribution in [1.82, 2.24) is 0 Å². The van der Waals surface area contributed by atoms with Crippen LogP contribution in [0.3, 0.4) is 0 Å². The van der Waals surface area contributed by atoms with Gasteiger partial charge in [-0.25, -0.2) is 0 Å². The number of aliphatic hydroxyl groups excluding tert-OH is 1. The van der Waals surface area contributed by atoms with Gasteiger partial charge in [0, 0.05) is 0 Å². The molecule has 1 rings (SSSR count). The lowest BCUT2D eigenvalue weighted by atomic mass is 9.87. The van der Waals surface area contributed by atoms with E-state index in [0.29, 0.717) is 12.8 Å². The van der Waals surface area contributed by atoms with Crippen molar-refractivity contribution in [2.45, 2.75) is 38.0 Å². The fourth-order valence-corrected chi connectivity index (χ4v) is 1.46. The first kappa shape index (κ1) is 8.84. The lowest BCUT2D eigenvalue weighted by Gasteiger charge is -2.27. The van der Waals surface area contributed by atoms with Crippen LogP contribution in [0.25, 0.3) is 0 Å². The standard InChI is InChI=1S/C7H11F3O/c8-7(9,10)5-2-1-3-6(11)4-5/h5-6,11H,1-4H2/t5-,6-/m1/s1. The van der Waals surface area contributed by atoms with Crippen LogP contribution < -0.4 is 0 Å². The maximum Gasteiger partial charge on any atom is 0.391 e. The summed E-state index contributed by atoms with van der Waals surface area (Å²) in [5.41, 5.74) is 0. The van der Waals surface area contributed by atoms with Gasteiger partial charge >= 0.3 is 6.18 Å². The quantitative estimate of drug-likeness (QED) is 0.587. The zero-order valence-electron chi connectivity index (χ0n) is 6.06. The van der Waals surface area contributed by atoms with Crippen LogP contribution in [0.1, 0.15) is 25.7 Å². The summed E-state index contributed by atoms with van der Waals surface area (Å²) in [5, 5.41) is 8.94. The van der Waals surface area contributed by atoms with Crippen LogP contribution in [-0.4, -0.2) is 17.4 Å². The van der Waals surface area contributed by atoms with Crippen molar-refractivity contribution in [3.05, 3.63) is 0 Å². The Morgan fingerprint density at radius 1 is 1.18 bits per heavy atom. The van der Waals surface area contributed by atoms with E-state index in [1.54, 1.807) is 0 Å². The molecule has 1 fully saturated rings.